The predicted molar refractivity (Wildman–Crippen MR) is 210 cm³/mol. The first-order valence-electron chi connectivity index (χ1n) is 19.8. The Morgan fingerprint density at radius 1 is 0.839 bits per heavy atom. The van der Waals surface area contributed by atoms with Crippen molar-refractivity contribution >= 4 is 45.6 Å². The number of aromatic nitrogens is 4. The zero-order chi connectivity index (χ0) is 39.4. The molecule has 0 unspecified atom stereocenters. The van der Waals surface area contributed by atoms with Crippen molar-refractivity contribution in [3.63, 3.8) is 0 Å². The Morgan fingerprint density at radius 3 is 2.14 bits per heavy atom. The molecule has 0 bridgehead atoms. The second-order valence-electron chi connectivity index (χ2n) is 16.1. The second-order valence-corrected chi connectivity index (χ2v) is 16.1. The third-order valence-corrected chi connectivity index (χ3v) is 11.6. The number of hydrogen-bond acceptors (Lipinski definition) is 8. The Balaban J connectivity index is 1.04. The van der Waals surface area contributed by atoms with Crippen molar-refractivity contribution in [2.75, 3.05) is 20.2 Å². The van der Waals surface area contributed by atoms with E-state index in [0.29, 0.717) is 13.1 Å². The first-order valence-corrected chi connectivity index (χ1v) is 19.8. The Kier molecular flexibility index (Phi) is 9.83. The van der Waals surface area contributed by atoms with E-state index in [1.807, 2.05) is 43.6 Å². The number of aryl methyl sites for hydroxylation is 2. The molecule has 4 N–H and O–H groups in total. The number of amides is 4. The normalized spacial score (nSPS) is 19.1. The largest absolute Gasteiger partial charge is 0.454 e. The number of furan rings is 1. The lowest BCUT2D eigenvalue weighted by Crippen LogP contribution is -2.51. The summed E-state index contributed by atoms with van der Waals surface area (Å²) in [5.41, 5.74) is 5.58. The molecule has 4 atom stereocenters. The van der Waals surface area contributed by atoms with Crippen LogP contribution >= 0.6 is 0 Å². The SMILES string of the molecule is COC(=O)N[C@H](C(=O)N1CCC[C@H]1c1nc2ccc3cc(-c4cc5c(o4)-c4[nH]c([C@@H]6CCCN6C(=O)[C@@H](NC(C)=O)C(C)C)nc4CC5)ccc3c2[nH]1)C(C)C. The number of fused-ring (bicyclic) bond motifs is 6. The summed E-state index contributed by atoms with van der Waals surface area (Å²) in [6.07, 6.45) is 4.21. The topological polar surface area (TPSA) is 179 Å². The summed E-state index contributed by atoms with van der Waals surface area (Å²) in [7, 11) is 1.29. The molecule has 0 radical (unpaired) electrons. The first-order chi connectivity index (χ1) is 26.9. The maximum Gasteiger partial charge on any atom is 0.407 e. The van der Waals surface area contributed by atoms with Gasteiger partial charge in [0.15, 0.2) is 5.76 Å². The van der Waals surface area contributed by atoms with Gasteiger partial charge in [0.1, 0.15) is 35.2 Å². The van der Waals surface area contributed by atoms with Crippen LogP contribution in [0.1, 0.15) is 95.3 Å². The summed E-state index contributed by atoms with van der Waals surface area (Å²) in [5, 5.41) is 7.60. The van der Waals surface area contributed by atoms with Gasteiger partial charge in [-0.15, -0.1) is 0 Å². The molecule has 14 heteroatoms. The Hall–Kier alpha value is -5.66. The number of benzene rings is 2. The van der Waals surface area contributed by atoms with Gasteiger partial charge in [-0.1, -0.05) is 45.9 Å². The van der Waals surface area contributed by atoms with Crippen molar-refractivity contribution in [1.29, 1.82) is 0 Å². The van der Waals surface area contributed by atoms with E-state index >= 15 is 0 Å². The molecule has 3 aliphatic rings. The molecular weight excluding hydrogens is 713 g/mol. The van der Waals surface area contributed by atoms with Crippen LogP contribution in [0.5, 0.6) is 0 Å². The minimum absolute atomic E-state index is 0.0401. The van der Waals surface area contributed by atoms with Gasteiger partial charge in [-0.25, -0.2) is 14.8 Å². The minimum Gasteiger partial charge on any atom is -0.454 e. The summed E-state index contributed by atoms with van der Waals surface area (Å²) in [6.45, 7) is 10.4. The van der Waals surface area contributed by atoms with Crippen LogP contribution in [0.4, 0.5) is 4.79 Å². The maximum absolute atomic E-state index is 13.7. The molecule has 0 saturated carbocycles. The van der Waals surface area contributed by atoms with Gasteiger partial charge in [-0.05, 0) is 73.9 Å². The zero-order valence-electron chi connectivity index (χ0n) is 32.8. The fraction of sp³-hybridized carbons (Fsp3) is 0.476. The van der Waals surface area contributed by atoms with Gasteiger partial charge in [-0.3, -0.25) is 14.4 Å². The van der Waals surface area contributed by atoms with Crippen LogP contribution < -0.4 is 10.6 Å². The lowest BCUT2D eigenvalue weighted by molar-refractivity contribution is -0.138. The van der Waals surface area contributed by atoms with Gasteiger partial charge < -0.3 is 39.6 Å². The number of alkyl carbamates (subject to hydrolysis) is 1. The molecule has 0 spiro atoms. The zero-order valence-corrected chi connectivity index (χ0v) is 32.8. The molecule has 5 aromatic rings. The highest BCUT2D eigenvalue weighted by atomic mass is 16.5. The van der Waals surface area contributed by atoms with Crippen LogP contribution in [0.3, 0.4) is 0 Å². The quantitative estimate of drug-likeness (QED) is 0.135. The van der Waals surface area contributed by atoms with E-state index in [1.165, 1.54) is 14.0 Å². The molecule has 2 aliphatic heterocycles. The highest BCUT2D eigenvalue weighted by Crippen LogP contribution is 2.41. The summed E-state index contributed by atoms with van der Waals surface area (Å²) >= 11 is 0. The van der Waals surface area contributed by atoms with Gasteiger partial charge in [-0.2, -0.15) is 0 Å². The number of methoxy groups -OCH3 is 1. The van der Waals surface area contributed by atoms with E-state index < -0.39 is 18.2 Å². The van der Waals surface area contributed by atoms with Crippen molar-refractivity contribution in [2.24, 2.45) is 11.8 Å². The van der Waals surface area contributed by atoms with Gasteiger partial charge in [0, 0.05) is 36.5 Å². The van der Waals surface area contributed by atoms with Crippen molar-refractivity contribution in [3.05, 3.63) is 59.3 Å². The van der Waals surface area contributed by atoms with Gasteiger partial charge in [0.2, 0.25) is 17.7 Å². The lowest BCUT2D eigenvalue weighted by atomic mass is 9.98. The molecule has 5 heterocycles. The minimum atomic E-state index is -0.700. The number of rotatable bonds is 9. The van der Waals surface area contributed by atoms with Gasteiger partial charge in [0.25, 0.3) is 0 Å². The summed E-state index contributed by atoms with van der Waals surface area (Å²) in [5.74, 6) is 2.44. The number of ether oxygens (including phenoxy) is 1. The van der Waals surface area contributed by atoms with Crippen molar-refractivity contribution in [2.45, 2.75) is 97.3 Å². The summed E-state index contributed by atoms with van der Waals surface area (Å²) in [4.78, 5) is 72.1. The summed E-state index contributed by atoms with van der Waals surface area (Å²) < 4.78 is 11.4. The Morgan fingerprint density at radius 2 is 1.50 bits per heavy atom. The average molecular weight is 763 g/mol. The van der Waals surface area contributed by atoms with Crippen molar-refractivity contribution in [3.8, 4) is 22.8 Å². The van der Waals surface area contributed by atoms with Crippen LogP contribution in [0.15, 0.2) is 40.8 Å². The smallest absolute Gasteiger partial charge is 0.407 e. The van der Waals surface area contributed by atoms with Crippen molar-refractivity contribution in [1.82, 2.24) is 40.4 Å². The van der Waals surface area contributed by atoms with Gasteiger partial charge in [0.05, 0.1) is 35.9 Å². The molecule has 294 valence electrons. The number of nitrogens with one attached hydrogen (secondary N) is 4. The van der Waals surface area contributed by atoms with E-state index in [0.717, 1.165) is 106 Å². The molecule has 8 rings (SSSR count). The van der Waals surface area contributed by atoms with Crippen LogP contribution in [-0.2, 0) is 32.0 Å². The van der Waals surface area contributed by atoms with E-state index in [4.69, 9.17) is 19.1 Å². The molecule has 2 fully saturated rings. The molecule has 1 aliphatic carbocycles. The molecular formula is C42H50N8O6. The third kappa shape index (κ3) is 6.68. The monoisotopic (exact) mass is 762 g/mol. The maximum atomic E-state index is 13.7. The van der Waals surface area contributed by atoms with Crippen LogP contribution in [0, 0.1) is 11.8 Å². The summed E-state index contributed by atoms with van der Waals surface area (Å²) in [6, 6.07) is 10.7. The van der Waals surface area contributed by atoms with Crippen LogP contribution in [0.2, 0.25) is 0 Å². The lowest BCUT2D eigenvalue weighted by Gasteiger charge is -2.30. The van der Waals surface area contributed by atoms with Crippen molar-refractivity contribution < 1.29 is 28.3 Å². The Bertz CT molecular complexity index is 2340. The Labute approximate surface area is 325 Å². The first kappa shape index (κ1) is 37.3. The number of aromatic amines is 2. The highest BCUT2D eigenvalue weighted by molar-refractivity contribution is 6.05. The number of H-pyrrole nitrogens is 2. The van der Waals surface area contributed by atoms with Gasteiger partial charge >= 0.3 is 6.09 Å². The molecule has 56 heavy (non-hydrogen) atoms. The average Bonchev–Trinajstić information content (AvgIpc) is 4.02. The molecule has 2 saturated heterocycles. The number of imidazole rings is 2. The molecule has 14 nitrogen and oxygen atoms in total. The van der Waals surface area contributed by atoms with Crippen LogP contribution in [-0.4, -0.2) is 85.8 Å². The number of hydrogen-bond donors (Lipinski definition) is 4. The number of carbonyl (C=O) groups excluding carboxylic acids is 4. The molecule has 3 aromatic heterocycles. The second kappa shape index (κ2) is 14.8. The van der Waals surface area contributed by atoms with E-state index in [2.05, 4.69) is 50.9 Å². The molecule has 4 amide bonds. The molecule has 2 aromatic carbocycles. The predicted octanol–water partition coefficient (Wildman–Crippen LogP) is 6.33. The number of carbonyl (C=O) groups is 4. The third-order valence-electron chi connectivity index (χ3n) is 11.6. The van der Waals surface area contributed by atoms with E-state index in [9.17, 15) is 19.2 Å². The highest BCUT2D eigenvalue weighted by Gasteiger charge is 2.39. The van der Waals surface area contributed by atoms with E-state index in [1.54, 1.807) is 0 Å². The van der Waals surface area contributed by atoms with Crippen LogP contribution in [0.25, 0.3) is 44.6 Å². The fourth-order valence-electron chi connectivity index (χ4n) is 8.74. The fourth-order valence-corrected chi connectivity index (χ4v) is 8.74. The number of likely N-dealkylation sites (tertiary alicyclic amines) is 2. The standard InChI is InChI=1S/C42H50N8O6/c1-21(2)33(43-23(5)51)40(52)49-17-8-10-31(49)39-45-29-16-13-26-20-32(56-37(26)36(29)47-39)25-11-14-27-24(19-25)12-15-28-35(27)46-38(44-28)30-9-7-18-50(30)41(53)34(22(3)4)48-42(54)55-6/h11-12,14-15,19-22,30-31,33-34H,7-10,13,16-18H2,1-6H3,(H,43,51)(H,44,46)(H,45,47)(H,48,54)/t30-,31-,33-,34-/m0/s1. The van der Waals surface area contributed by atoms with E-state index in [-0.39, 0.29) is 41.6 Å². The number of nitrogens with zero attached hydrogens (tertiary/aromatic N) is 4.